The minimum atomic E-state index is 0.571. The molecule has 1 atom stereocenters. The summed E-state index contributed by atoms with van der Waals surface area (Å²) >= 11 is 7.23. The molecule has 1 unspecified atom stereocenters. The zero-order valence-electron chi connectivity index (χ0n) is 9.94. The topological polar surface area (TPSA) is 16.1 Å². The van der Waals surface area contributed by atoms with Crippen molar-refractivity contribution < 1.29 is 0 Å². The maximum Gasteiger partial charge on any atom is 0.136 e. The van der Waals surface area contributed by atoms with E-state index in [1.54, 1.807) is 0 Å². The van der Waals surface area contributed by atoms with Crippen LogP contribution in [0.25, 0.3) is 10.8 Å². The number of alkyl halides is 1. The molecular weight excluding hydrogens is 356 g/mol. The van der Waals surface area contributed by atoms with Crippen LogP contribution in [0, 0.1) is 0 Å². The van der Waals surface area contributed by atoms with E-state index in [1.165, 1.54) is 23.6 Å². The largest absolute Gasteiger partial charge is 0.352 e. The zero-order chi connectivity index (χ0) is 12.5. The summed E-state index contributed by atoms with van der Waals surface area (Å²) in [6.45, 7) is 1.11. The molecule has 0 radical (unpaired) electrons. The van der Waals surface area contributed by atoms with E-state index in [-0.39, 0.29) is 0 Å². The van der Waals surface area contributed by atoms with E-state index in [4.69, 9.17) is 0 Å². The molecule has 1 aromatic carbocycles. The predicted molar refractivity (Wildman–Crippen MR) is 83.6 cm³/mol. The minimum Gasteiger partial charge on any atom is -0.352 e. The Kier molecular flexibility index (Phi) is 3.57. The van der Waals surface area contributed by atoms with Gasteiger partial charge in [-0.1, -0.05) is 44.0 Å². The molecule has 18 heavy (non-hydrogen) atoms. The molecule has 0 amide bonds. The molecule has 3 rings (SSSR count). The third-order valence-electron chi connectivity index (χ3n) is 3.56. The lowest BCUT2D eigenvalue weighted by molar-refractivity contribution is 0.744. The van der Waals surface area contributed by atoms with Gasteiger partial charge in [0.15, 0.2) is 0 Å². The van der Waals surface area contributed by atoms with Gasteiger partial charge < -0.3 is 4.90 Å². The summed E-state index contributed by atoms with van der Waals surface area (Å²) in [5, 5.41) is 3.49. The molecule has 2 aromatic rings. The fraction of sp³-hybridized carbons (Fsp3) is 0.357. The Labute approximate surface area is 124 Å². The SMILES string of the molecule is BrCC1CCCN1c1nccc2c(Br)cccc12. The summed E-state index contributed by atoms with van der Waals surface area (Å²) in [4.78, 5) is 7.05. The smallest absolute Gasteiger partial charge is 0.136 e. The number of benzene rings is 1. The van der Waals surface area contributed by atoms with Gasteiger partial charge in [0.1, 0.15) is 5.82 Å². The van der Waals surface area contributed by atoms with Gasteiger partial charge in [0.2, 0.25) is 0 Å². The highest BCUT2D eigenvalue weighted by atomic mass is 79.9. The van der Waals surface area contributed by atoms with Gasteiger partial charge in [0.25, 0.3) is 0 Å². The van der Waals surface area contributed by atoms with Crippen molar-refractivity contribution in [2.24, 2.45) is 0 Å². The first-order valence-electron chi connectivity index (χ1n) is 6.17. The van der Waals surface area contributed by atoms with E-state index in [9.17, 15) is 0 Å². The lowest BCUT2D eigenvalue weighted by Gasteiger charge is -2.25. The summed E-state index contributed by atoms with van der Waals surface area (Å²) < 4.78 is 1.14. The molecule has 1 fully saturated rings. The Bertz CT molecular complexity index is 571. The maximum atomic E-state index is 4.61. The summed E-state index contributed by atoms with van der Waals surface area (Å²) in [5.41, 5.74) is 0. The monoisotopic (exact) mass is 368 g/mol. The van der Waals surface area contributed by atoms with Crippen LogP contribution in [0.15, 0.2) is 34.9 Å². The third kappa shape index (κ3) is 2.05. The van der Waals surface area contributed by atoms with Crippen molar-refractivity contribution in [1.29, 1.82) is 0 Å². The van der Waals surface area contributed by atoms with Crippen molar-refractivity contribution in [2.75, 3.05) is 16.8 Å². The van der Waals surface area contributed by atoms with Gasteiger partial charge in [-0.15, -0.1) is 0 Å². The Hall–Kier alpha value is -0.610. The van der Waals surface area contributed by atoms with E-state index in [0.717, 1.165) is 22.2 Å². The van der Waals surface area contributed by atoms with Crippen LogP contribution >= 0.6 is 31.9 Å². The van der Waals surface area contributed by atoms with Crippen molar-refractivity contribution in [3.63, 3.8) is 0 Å². The van der Waals surface area contributed by atoms with Crippen molar-refractivity contribution >= 4 is 48.5 Å². The highest BCUT2D eigenvalue weighted by Crippen LogP contribution is 2.33. The second-order valence-corrected chi connectivity index (χ2v) is 6.12. The second-order valence-electron chi connectivity index (χ2n) is 4.61. The first kappa shape index (κ1) is 12.4. The predicted octanol–water partition coefficient (Wildman–Crippen LogP) is 4.36. The molecule has 0 N–H and O–H groups in total. The third-order valence-corrected chi connectivity index (χ3v) is 5.00. The molecule has 1 saturated heterocycles. The molecule has 1 aromatic heterocycles. The van der Waals surface area contributed by atoms with E-state index < -0.39 is 0 Å². The van der Waals surface area contributed by atoms with Crippen LogP contribution in [0.5, 0.6) is 0 Å². The van der Waals surface area contributed by atoms with Gasteiger partial charge in [-0.05, 0) is 25.0 Å². The highest BCUT2D eigenvalue weighted by molar-refractivity contribution is 9.10. The van der Waals surface area contributed by atoms with Crippen molar-refractivity contribution in [3.8, 4) is 0 Å². The molecule has 2 heterocycles. The first-order chi connectivity index (χ1) is 8.81. The van der Waals surface area contributed by atoms with Crippen LogP contribution in [-0.4, -0.2) is 22.9 Å². The van der Waals surface area contributed by atoms with Gasteiger partial charge in [0.05, 0.1) is 0 Å². The number of hydrogen-bond donors (Lipinski definition) is 0. The first-order valence-corrected chi connectivity index (χ1v) is 8.08. The number of anilines is 1. The number of aromatic nitrogens is 1. The summed E-state index contributed by atoms with van der Waals surface area (Å²) in [6.07, 6.45) is 4.41. The number of rotatable bonds is 2. The minimum absolute atomic E-state index is 0.571. The Morgan fingerprint density at radius 2 is 2.17 bits per heavy atom. The standard InChI is InChI=1S/C14H14Br2N2/c15-9-10-3-2-8-18(10)14-12-4-1-5-13(16)11(12)6-7-17-14/h1,4-7,10H,2-3,8-9H2. The highest BCUT2D eigenvalue weighted by Gasteiger charge is 2.25. The lowest BCUT2D eigenvalue weighted by atomic mass is 10.1. The molecule has 1 aliphatic rings. The molecule has 0 bridgehead atoms. The molecule has 2 nitrogen and oxygen atoms in total. The summed E-state index contributed by atoms with van der Waals surface area (Å²) in [5.74, 6) is 1.12. The normalized spacial score (nSPS) is 19.7. The van der Waals surface area contributed by atoms with Gasteiger partial charge in [-0.3, -0.25) is 0 Å². The lowest BCUT2D eigenvalue weighted by Crippen LogP contribution is -2.31. The van der Waals surface area contributed by atoms with Crippen molar-refractivity contribution in [1.82, 2.24) is 4.98 Å². The maximum absolute atomic E-state index is 4.61. The number of hydrogen-bond acceptors (Lipinski definition) is 2. The molecule has 0 spiro atoms. The molecular formula is C14H14Br2N2. The fourth-order valence-corrected chi connectivity index (χ4v) is 3.83. The fourth-order valence-electron chi connectivity index (χ4n) is 2.66. The summed E-state index contributed by atoms with van der Waals surface area (Å²) in [7, 11) is 0. The van der Waals surface area contributed by atoms with Gasteiger partial charge in [-0.25, -0.2) is 4.98 Å². The van der Waals surface area contributed by atoms with Gasteiger partial charge in [-0.2, -0.15) is 0 Å². The van der Waals surface area contributed by atoms with Crippen molar-refractivity contribution in [3.05, 3.63) is 34.9 Å². The summed E-state index contributed by atoms with van der Waals surface area (Å²) in [6, 6.07) is 8.96. The van der Waals surface area contributed by atoms with Crippen LogP contribution in [0.1, 0.15) is 12.8 Å². The molecule has 0 saturated carbocycles. The quantitative estimate of drug-likeness (QED) is 0.731. The number of halogens is 2. The van der Waals surface area contributed by atoms with Gasteiger partial charge >= 0.3 is 0 Å². The van der Waals surface area contributed by atoms with E-state index in [1.807, 2.05) is 6.20 Å². The Morgan fingerprint density at radius 1 is 1.28 bits per heavy atom. The molecule has 4 heteroatoms. The van der Waals surface area contributed by atoms with E-state index in [0.29, 0.717) is 6.04 Å². The number of fused-ring (bicyclic) bond motifs is 1. The number of nitrogens with zero attached hydrogens (tertiary/aromatic N) is 2. The van der Waals surface area contributed by atoms with Crippen LogP contribution < -0.4 is 4.90 Å². The molecule has 0 aliphatic carbocycles. The van der Waals surface area contributed by atoms with Crippen molar-refractivity contribution in [2.45, 2.75) is 18.9 Å². The Morgan fingerprint density at radius 3 is 3.00 bits per heavy atom. The van der Waals surface area contributed by atoms with Crippen LogP contribution in [0.3, 0.4) is 0 Å². The van der Waals surface area contributed by atoms with Crippen LogP contribution in [0.2, 0.25) is 0 Å². The average Bonchev–Trinajstić information content (AvgIpc) is 2.87. The molecule has 94 valence electrons. The second kappa shape index (κ2) is 5.17. The van der Waals surface area contributed by atoms with E-state index in [2.05, 4.69) is 66.0 Å². The molecule has 1 aliphatic heterocycles. The zero-order valence-corrected chi connectivity index (χ0v) is 13.1. The average molecular weight is 370 g/mol. The van der Waals surface area contributed by atoms with Gasteiger partial charge in [0, 0.05) is 39.4 Å². The van der Waals surface area contributed by atoms with E-state index >= 15 is 0 Å². The number of pyridine rings is 1. The van der Waals surface area contributed by atoms with Crippen LogP contribution in [0.4, 0.5) is 5.82 Å². The van der Waals surface area contributed by atoms with Crippen LogP contribution in [-0.2, 0) is 0 Å². The Balaban J connectivity index is 2.14.